The highest BCUT2D eigenvalue weighted by atomic mass is 19.1. The van der Waals surface area contributed by atoms with Crippen molar-refractivity contribution in [3.8, 4) is 16.9 Å². The summed E-state index contributed by atoms with van der Waals surface area (Å²) in [5.74, 6) is -3.78. The second-order valence-corrected chi connectivity index (χ2v) is 5.87. The van der Waals surface area contributed by atoms with Gasteiger partial charge in [-0.05, 0) is 54.4 Å². The Bertz CT molecular complexity index is 959. The van der Waals surface area contributed by atoms with E-state index in [-0.39, 0.29) is 5.56 Å². The van der Waals surface area contributed by atoms with Crippen LogP contribution >= 0.6 is 0 Å². The zero-order valence-corrected chi connectivity index (χ0v) is 13.7. The lowest BCUT2D eigenvalue weighted by atomic mass is 9.99. The van der Waals surface area contributed by atoms with Crippen LogP contribution in [0.3, 0.4) is 0 Å². The Hall–Kier alpha value is -3.02. The van der Waals surface area contributed by atoms with Gasteiger partial charge in [-0.25, -0.2) is 17.6 Å². The summed E-state index contributed by atoms with van der Waals surface area (Å²) >= 11 is 0. The van der Waals surface area contributed by atoms with Crippen LogP contribution < -0.4 is 5.32 Å². The van der Waals surface area contributed by atoms with Crippen molar-refractivity contribution < 1.29 is 22.7 Å². The zero-order chi connectivity index (χ0) is 18.8. The Balaban J connectivity index is 1.96. The summed E-state index contributed by atoms with van der Waals surface area (Å²) in [6.45, 7) is 1.52. The van der Waals surface area contributed by atoms with E-state index >= 15 is 0 Å². The van der Waals surface area contributed by atoms with Gasteiger partial charge in [0, 0.05) is 5.56 Å². The van der Waals surface area contributed by atoms with Gasteiger partial charge in [0.15, 0.2) is 11.6 Å². The lowest BCUT2D eigenvalue weighted by Crippen LogP contribution is -2.11. The Morgan fingerprint density at radius 2 is 1.54 bits per heavy atom. The highest BCUT2D eigenvalue weighted by Gasteiger charge is 2.18. The van der Waals surface area contributed by atoms with E-state index < -0.39 is 40.7 Å². The van der Waals surface area contributed by atoms with Crippen LogP contribution in [0.4, 0.5) is 23.2 Å². The standard InChI is InChI=1S/C20H15F4NO/c1-11(25-20-17(23)7-8-18(26)19(20)24)15-10-13(5-6-16(15)22)12-3-2-4-14(21)9-12/h2-11,25-26H,1H3/t11-/m1/s1. The second kappa shape index (κ2) is 7.07. The van der Waals surface area contributed by atoms with E-state index in [4.69, 9.17) is 0 Å². The first-order valence-electron chi connectivity index (χ1n) is 7.85. The predicted molar refractivity (Wildman–Crippen MR) is 91.9 cm³/mol. The molecule has 0 amide bonds. The Labute approximate surface area is 147 Å². The molecule has 0 aliphatic heterocycles. The minimum Gasteiger partial charge on any atom is -0.505 e. The number of rotatable bonds is 4. The van der Waals surface area contributed by atoms with Crippen LogP contribution in [0.15, 0.2) is 54.6 Å². The number of benzene rings is 3. The summed E-state index contributed by atoms with van der Waals surface area (Å²) in [5.41, 5.74) is 0.710. The summed E-state index contributed by atoms with van der Waals surface area (Å²) in [6.07, 6.45) is 0. The molecule has 3 aromatic carbocycles. The summed E-state index contributed by atoms with van der Waals surface area (Å²) in [7, 11) is 0. The molecule has 3 aromatic rings. The molecule has 3 rings (SSSR count). The second-order valence-electron chi connectivity index (χ2n) is 5.87. The number of phenolic OH excluding ortho intramolecular Hbond substituents is 1. The maximum absolute atomic E-state index is 14.2. The van der Waals surface area contributed by atoms with Gasteiger partial charge in [-0.3, -0.25) is 0 Å². The van der Waals surface area contributed by atoms with Crippen LogP contribution in [0.1, 0.15) is 18.5 Å². The van der Waals surface area contributed by atoms with Crippen molar-refractivity contribution in [2.75, 3.05) is 5.32 Å². The van der Waals surface area contributed by atoms with Gasteiger partial charge in [-0.2, -0.15) is 0 Å². The monoisotopic (exact) mass is 361 g/mol. The fourth-order valence-electron chi connectivity index (χ4n) is 2.69. The summed E-state index contributed by atoms with van der Waals surface area (Å²) in [5, 5.41) is 11.9. The highest BCUT2D eigenvalue weighted by Crippen LogP contribution is 2.32. The normalized spacial score (nSPS) is 12.0. The number of nitrogens with one attached hydrogen (secondary N) is 1. The molecule has 0 fully saturated rings. The maximum atomic E-state index is 14.2. The number of aromatic hydroxyl groups is 1. The Morgan fingerprint density at radius 1 is 0.846 bits per heavy atom. The zero-order valence-electron chi connectivity index (χ0n) is 13.7. The molecule has 134 valence electrons. The summed E-state index contributed by atoms with van der Waals surface area (Å²) in [6, 6.07) is 11.0. The minimum absolute atomic E-state index is 0.147. The molecule has 0 aromatic heterocycles. The Kier molecular flexibility index (Phi) is 4.84. The first kappa shape index (κ1) is 17.8. The van der Waals surface area contributed by atoms with Crippen LogP contribution in [-0.4, -0.2) is 5.11 Å². The van der Waals surface area contributed by atoms with E-state index in [9.17, 15) is 22.7 Å². The molecule has 2 nitrogen and oxygen atoms in total. The van der Waals surface area contributed by atoms with Crippen molar-refractivity contribution in [2.45, 2.75) is 13.0 Å². The van der Waals surface area contributed by atoms with Crippen molar-refractivity contribution in [3.05, 3.63) is 83.4 Å². The first-order chi connectivity index (χ1) is 12.4. The van der Waals surface area contributed by atoms with Crippen molar-refractivity contribution >= 4 is 5.69 Å². The van der Waals surface area contributed by atoms with E-state index in [0.717, 1.165) is 12.1 Å². The van der Waals surface area contributed by atoms with Crippen LogP contribution in [-0.2, 0) is 0 Å². The van der Waals surface area contributed by atoms with E-state index in [1.807, 2.05) is 0 Å². The summed E-state index contributed by atoms with van der Waals surface area (Å²) in [4.78, 5) is 0. The van der Waals surface area contributed by atoms with E-state index in [0.29, 0.717) is 11.1 Å². The molecule has 0 heterocycles. The number of phenols is 1. The molecule has 6 heteroatoms. The quantitative estimate of drug-likeness (QED) is 0.577. The van der Waals surface area contributed by atoms with Gasteiger partial charge >= 0.3 is 0 Å². The molecule has 0 aliphatic carbocycles. The SMILES string of the molecule is C[C@@H](Nc1c(F)ccc(O)c1F)c1cc(-c2cccc(F)c2)ccc1F. The van der Waals surface area contributed by atoms with Gasteiger partial charge in [0.25, 0.3) is 0 Å². The number of anilines is 1. The smallest absolute Gasteiger partial charge is 0.190 e. The average molecular weight is 361 g/mol. The lowest BCUT2D eigenvalue weighted by molar-refractivity contribution is 0.429. The lowest BCUT2D eigenvalue weighted by Gasteiger charge is -2.19. The Morgan fingerprint density at radius 3 is 2.27 bits per heavy atom. The molecule has 0 bridgehead atoms. The fourth-order valence-corrected chi connectivity index (χ4v) is 2.69. The molecule has 0 saturated carbocycles. The van der Waals surface area contributed by atoms with E-state index in [2.05, 4.69) is 5.32 Å². The van der Waals surface area contributed by atoms with Gasteiger partial charge < -0.3 is 10.4 Å². The van der Waals surface area contributed by atoms with Gasteiger partial charge in [-0.1, -0.05) is 18.2 Å². The van der Waals surface area contributed by atoms with E-state index in [1.54, 1.807) is 6.07 Å². The van der Waals surface area contributed by atoms with Crippen molar-refractivity contribution in [1.82, 2.24) is 0 Å². The predicted octanol–water partition coefficient (Wildman–Crippen LogP) is 5.79. The van der Waals surface area contributed by atoms with Gasteiger partial charge in [0.2, 0.25) is 0 Å². The third kappa shape index (κ3) is 3.49. The fraction of sp³-hybridized carbons (Fsp3) is 0.100. The minimum atomic E-state index is -1.15. The van der Waals surface area contributed by atoms with Gasteiger partial charge in [0.1, 0.15) is 23.1 Å². The first-order valence-corrected chi connectivity index (χ1v) is 7.85. The van der Waals surface area contributed by atoms with Crippen molar-refractivity contribution in [3.63, 3.8) is 0 Å². The van der Waals surface area contributed by atoms with Crippen molar-refractivity contribution in [1.29, 1.82) is 0 Å². The molecule has 2 N–H and O–H groups in total. The van der Waals surface area contributed by atoms with Crippen LogP contribution in [0, 0.1) is 23.3 Å². The average Bonchev–Trinajstić information content (AvgIpc) is 2.62. The molecule has 0 spiro atoms. The molecule has 1 atom stereocenters. The van der Waals surface area contributed by atoms with Crippen molar-refractivity contribution in [2.24, 2.45) is 0 Å². The summed E-state index contributed by atoms with van der Waals surface area (Å²) < 4.78 is 55.4. The van der Waals surface area contributed by atoms with Crippen LogP contribution in [0.5, 0.6) is 5.75 Å². The van der Waals surface area contributed by atoms with Crippen LogP contribution in [0.25, 0.3) is 11.1 Å². The molecule has 0 unspecified atom stereocenters. The number of hydrogen-bond acceptors (Lipinski definition) is 2. The molecular weight excluding hydrogens is 346 g/mol. The van der Waals surface area contributed by atoms with Gasteiger partial charge in [0.05, 0.1) is 6.04 Å². The molecule has 0 aliphatic rings. The van der Waals surface area contributed by atoms with Gasteiger partial charge in [-0.15, -0.1) is 0 Å². The number of hydrogen-bond donors (Lipinski definition) is 2. The van der Waals surface area contributed by atoms with Crippen LogP contribution in [0.2, 0.25) is 0 Å². The molecule has 0 saturated heterocycles. The molecule has 26 heavy (non-hydrogen) atoms. The topological polar surface area (TPSA) is 32.3 Å². The number of halogens is 4. The van der Waals surface area contributed by atoms with E-state index in [1.165, 1.54) is 43.3 Å². The third-order valence-corrected chi connectivity index (χ3v) is 4.05. The largest absolute Gasteiger partial charge is 0.505 e. The highest BCUT2D eigenvalue weighted by molar-refractivity contribution is 5.65. The maximum Gasteiger partial charge on any atom is 0.190 e. The molecular formula is C20H15F4NO. The molecule has 0 radical (unpaired) electrons. The third-order valence-electron chi connectivity index (χ3n) is 4.05.